The van der Waals surface area contributed by atoms with E-state index in [2.05, 4.69) is 15.2 Å². The Morgan fingerprint density at radius 1 is 1.33 bits per heavy atom. The second-order valence-electron chi connectivity index (χ2n) is 4.26. The third-order valence-electron chi connectivity index (χ3n) is 2.51. The molecule has 0 aliphatic rings. The molecule has 0 saturated heterocycles. The highest BCUT2D eigenvalue weighted by molar-refractivity contribution is 7.98. The molecule has 1 heterocycles. The van der Waals surface area contributed by atoms with E-state index in [-0.39, 0.29) is 5.75 Å². The number of ether oxygens (including phenoxy) is 1. The molecule has 1 aromatic carbocycles. The van der Waals surface area contributed by atoms with E-state index in [0.717, 1.165) is 17.8 Å². The first-order chi connectivity index (χ1) is 9.96. The van der Waals surface area contributed by atoms with Crippen molar-refractivity contribution in [1.29, 1.82) is 0 Å². The lowest BCUT2D eigenvalue weighted by Gasteiger charge is -2.09. The SMILES string of the molecule is CCc1nc(SCc2cccc(OCC(F)(F)F)c2)n[nH]1. The van der Waals surface area contributed by atoms with E-state index in [0.29, 0.717) is 10.9 Å². The molecule has 0 radical (unpaired) electrons. The molecule has 0 fully saturated rings. The maximum atomic E-state index is 12.1. The molecule has 0 bridgehead atoms. The molecule has 114 valence electrons. The second kappa shape index (κ2) is 6.84. The van der Waals surface area contributed by atoms with Gasteiger partial charge in [-0.05, 0) is 17.7 Å². The third-order valence-corrected chi connectivity index (χ3v) is 3.43. The van der Waals surface area contributed by atoms with Gasteiger partial charge in [-0.1, -0.05) is 30.8 Å². The first-order valence-corrected chi connectivity index (χ1v) is 7.27. The van der Waals surface area contributed by atoms with Crippen molar-refractivity contribution < 1.29 is 17.9 Å². The van der Waals surface area contributed by atoms with Crippen molar-refractivity contribution in [3.63, 3.8) is 0 Å². The van der Waals surface area contributed by atoms with Gasteiger partial charge in [0.15, 0.2) is 6.61 Å². The lowest BCUT2D eigenvalue weighted by molar-refractivity contribution is -0.153. The van der Waals surface area contributed by atoms with Crippen LogP contribution in [-0.2, 0) is 12.2 Å². The average Bonchev–Trinajstić information content (AvgIpc) is 2.91. The van der Waals surface area contributed by atoms with E-state index in [1.165, 1.54) is 17.8 Å². The van der Waals surface area contributed by atoms with E-state index < -0.39 is 12.8 Å². The van der Waals surface area contributed by atoms with Gasteiger partial charge in [0.1, 0.15) is 11.6 Å². The molecule has 2 rings (SSSR count). The number of nitrogens with one attached hydrogen (secondary N) is 1. The van der Waals surface area contributed by atoms with Crippen LogP contribution in [0.5, 0.6) is 5.75 Å². The van der Waals surface area contributed by atoms with Gasteiger partial charge in [-0.2, -0.15) is 13.2 Å². The quantitative estimate of drug-likeness (QED) is 0.827. The Kier molecular flexibility index (Phi) is 5.11. The standard InChI is InChI=1S/C13H14F3N3OS/c1-2-11-17-12(19-18-11)21-7-9-4-3-5-10(6-9)20-8-13(14,15)16/h3-6H,2,7-8H2,1H3,(H,17,18,19). The maximum absolute atomic E-state index is 12.1. The van der Waals surface area contributed by atoms with Crippen molar-refractivity contribution in [2.75, 3.05) is 6.61 Å². The van der Waals surface area contributed by atoms with Crippen LogP contribution >= 0.6 is 11.8 Å². The summed E-state index contributed by atoms with van der Waals surface area (Å²) in [4.78, 5) is 4.25. The van der Waals surface area contributed by atoms with Gasteiger partial charge in [-0.3, -0.25) is 5.10 Å². The van der Waals surface area contributed by atoms with E-state index in [4.69, 9.17) is 4.74 Å². The van der Waals surface area contributed by atoms with Crippen molar-refractivity contribution in [2.24, 2.45) is 0 Å². The molecule has 4 nitrogen and oxygen atoms in total. The number of rotatable bonds is 6. The van der Waals surface area contributed by atoms with Gasteiger partial charge in [-0.25, -0.2) is 4.98 Å². The summed E-state index contributed by atoms with van der Waals surface area (Å²) in [5.74, 6) is 1.57. The van der Waals surface area contributed by atoms with Crippen LogP contribution in [0.1, 0.15) is 18.3 Å². The molecule has 0 aliphatic heterocycles. The van der Waals surface area contributed by atoms with Crippen molar-refractivity contribution in [1.82, 2.24) is 15.2 Å². The first-order valence-electron chi connectivity index (χ1n) is 6.29. The van der Waals surface area contributed by atoms with Gasteiger partial charge < -0.3 is 4.74 Å². The van der Waals surface area contributed by atoms with Crippen molar-refractivity contribution in [2.45, 2.75) is 30.4 Å². The molecule has 1 N–H and O–H groups in total. The molecular weight excluding hydrogens is 303 g/mol. The van der Waals surface area contributed by atoms with E-state index in [9.17, 15) is 13.2 Å². The van der Waals surface area contributed by atoms with Gasteiger partial charge >= 0.3 is 6.18 Å². The predicted octanol–water partition coefficient (Wildman–Crippen LogP) is 3.60. The van der Waals surface area contributed by atoms with Gasteiger partial charge in [0.25, 0.3) is 0 Å². The largest absolute Gasteiger partial charge is 0.484 e. The van der Waals surface area contributed by atoms with Crippen LogP contribution in [0.2, 0.25) is 0 Å². The van der Waals surface area contributed by atoms with Crippen LogP contribution < -0.4 is 4.74 Å². The molecule has 2 aromatic rings. The van der Waals surface area contributed by atoms with Crippen LogP contribution in [-0.4, -0.2) is 28.0 Å². The fraction of sp³-hybridized carbons (Fsp3) is 0.385. The number of hydrogen-bond acceptors (Lipinski definition) is 4. The zero-order valence-corrected chi connectivity index (χ0v) is 12.1. The number of aromatic amines is 1. The third kappa shape index (κ3) is 5.30. The summed E-state index contributed by atoms with van der Waals surface area (Å²) in [5, 5.41) is 7.47. The summed E-state index contributed by atoms with van der Waals surface area (Å²) in [7, 11) is 0. The van der Waals surface area contributed by atoms with Gasteiger partial charge in [0.2, 0.25) is 5.16 Å². The summed E-state index contributed by atoms with van der Waals surface area (Å²) >= 11 is 1.41. The zero-order chi connectivity index (χ0) is 15.3. The second-order valence-corrected chi connectivity index (χ2v) is 5.20. The van der Waals surface area contributed by atoms with E-state index >= 15 is 0 Å². The van der Waals surface area contributed by atoms with Crippen LogP contribution in [0.4, 0.5) is 13.2 Å². The minimum atomic E-state index is -4.33. The van der Waals surface area contributed by atoms with Crippen LogP contribution in [0.25, 0.3) is 0 Å². The summed E-state index contributed by atoms with van der Waals surface area (Å²) in [6.07, 6.45) is -3.56. The smallest absolute Gasteiger partial charge is 0.422 e. The topological polar surface area (TPSA) is 50.8 Å². The number of aromatic nitrogens is 3. The predicted molar refractivity (Wildman–Crippen MR) is 73.3 cm³/mol. The average molecular weight is 317 g/mol. The Morgan fingerprint density at radius 3 is 2.81 bits per heavy atom. The molecule has 0 aliphatic carbocycles. The van der Waals surface area contributed by atoms with Crippen LogP contribution in [0.15, 0.2) is 29.4 Å². The van der Waals surface area contributed by atoms with Crippen LogP contribution in [0.3, 0.4) is 0 Å². The highest BCUT2D eigenvalue weighted by atomic mass is 32.2. The molecule has 21 heavy (non-hydrogen) atoms. The summed E-state index contributed by atoms with van der Waals surface area (Å²) in [6, 6.07) is 6.58. The van der Waals surface area contributed by atoms with Gasteiger partial charge in [-0.15, -0.1) is 5.10 Å². The number of halogens is 3. The summed E-state index contributed by atoms with van der Waals surface area (Å²) in [6.45, 7) is 0.681. The molecule has 0 saturated carbocycles. The van der Waals surface area contributed by atoms with Crippen LogP contribution in [0, 0.1) is 0 Å². The Hall–Kier alpha value is -1.70. The Balaban J connectivity index is 1.91. The molecular formula is C13H14F3N3OS. The molecule has 8 heteroatoms. The Morgan fingerprint density at radius 2 is 2.14 bits per heavy atom. The fourth-order valence-corrected chi connectivity index (χ4v) is 2.30. The Bertz CT molecular complexity index is 586. The minimum Gasteiger partial charge on any atom is -0.484 e. The minimum absolute atomic E-state index is 0.203. The highest BCUT2D eigenvalue weighted by Crippen LogP contribution is 2.23. The number of benzene rings is 1. The van der Waals surface area contributed by atoms with Gasteiger partial charge in [0, 0.05) is 12.2 Å². The number of hydrogen-bond donors (Lipinski definition) is 1. The van der Waals surface area contributed by atoms with Gasteiger partial charge in [0.05, 0.1) is 0 Å². The molecule has 0 atom stereocenters. The lowest BCUT2D eigenvalue weighted by Crippen LogP contribution is -2.19. The van der Waals surface area contributed by atoms with Crippen molar-refractivity contribution >= 4 is 11.8 Å². The van der Waals surface area contributed by atoms with E-state index in [1.807, 2.05) is 13.0 Å². The fourth-order valence-electron chi connectivity index (χ4n) is 1.54. The highest BCUT2D eigenvalue weighted by Gasteiger charge is 2.28. The number of nitrogens with zero attached hydrogens (tertiary/aromatic N) is 2. The Labute approximate surface area is 124 Å². The summed E-state index contributed by atoms with van der Waals surface area (Å²) < 4.78 is 41.0. The number of thioether (sulfide) groups is 1. The maximum Gasteiger partial charge on any atom is 0.422 e. The molecule has 1 aromatic heterocycles. The lowest BCUT2D eigenvalue weighted by atomic mass is 10.2. The number of H-pyrrole nitrogens is 1. The van der Waals surface area contributed by atoms with Crippen molar-refractivity contribution in [3.8, 4) is 5.75 Å². The first kappa shape index (κ1) is 15.7. The number of alkyl halides is 3. The molecule has 0 spiro atoms. The summed E-state index contributed by atoms with van der Waals surface area (Å²) in [5.41, 5.74) is 0.850. The van der Waals surface area contributed by atoms with Crippen molar-refractivity contribution in [3.05, 3.63) is 35.7 Å². The zero-order valence-electron chi connectivity index (χ0n) is 11.3. The molecule has 0 amide bonds. The normalized spacial score (nSPS) is 11.6. The molecule has 0 unspecified atom stereocenters. The monoisotopic (exact) mass is 317 g/mol. The number of aryl methyl sites for hydroxylation is 1. The van der Waals surface area contributed by atoms with E-state index in [1.54, 1.807) is 12.1 Å².